The minimum absolute atomic E-state index is 0.333. The summed E-state index contributed by atoms with van der Waals surface area (Å²) in [5, 5.41) is 0.636. The van der Waals surface area contributed by atoms with Gasteiger partial charge in [-0.1, -0.05) is 25.4 Å². The molecule has 106 valence electrons. The third kappa shape index (κ3) is 3.57. The zero-order valence-electron chi connectivity index (χ0n) is 11.1. The summed E-state index contributed by atoms with van der Waals surface area (Å²) >= 11 is 5.97. The highest BCUT2D eigenvalue weighted by Crippen LogP contribution is 2.30. The van der Waals surface area contributed by atoms with Crippen LogP contribution in [0.5, 0.6) is 5.75 Å². The van der Waals surface area contributed by atoms with Crippen molar-refractivity contribution >= 4 is 11.6 Å². The molecule has 0 saturated carbocycles. The first kappa shape index (κ1) is 14.5. The molecule has 1 heterocycles. The van der Waals surface area contributed by atoms with Crippen LogP contribution in [-0.2, 0) is 6.54 Å². The Balaban J connectivity index is 2.13. The molecule has 2 nitrogen and oxygen atoms in total. The van der Waals surface area contributed by atoms with Crippen molar-refractivity contribution in [1.82, 2.24) is 4.90 Å². The molecule has 0 atom stereocenters. The summed E-state index contributed by atoms with van der Waals surface area (Å²) in [6.45, 7) is 5.24. The number of hydrogen-bond donors (Lipinski definition) is 0. The van der Waals surface area contributed by atoms with Gasteiger partial charge in [-0.3, -0.25) is 4.90 Å². The maximum Gasteiger partial charge on any atom is 0.244 e. The van der Waals surface area contributed by atoms with E-state index in [4.69, 9.17) is 16.3 Å². The largest absolute Gasteiger partial charge is 0.492 e. The average molecular weight is 290 g/mol. The molecule has 1 aromatic rings. The van der Waals surface area contributed by atoms with Gasteiger partial charge in [0.2, 0.25) is 6.43 Å². The van der Waals surface area contributed by atoms with Crippen molar-refractivity contribution in [2.24, 2.45) is 5.41 Å². The predicted molar refractivity (Wildman–Crippen MR) is 72.0 cm³/mol. The molecule has 0 unspecified atom stereocenters. The quantitative estimate of drug-likeness (QED) is 0.838. The minimum atomic E-state index is -2.34. The second kappa shape index (κ2) is 5.63. The molecule has 5 heteroatoms. The van der Waals surface area contributed by atoms with Crippen molar-refractivity contribution in [3.63, 3.8) is 0 Å². The van der Waals surface area contributed by atoms with Crippen molar-refractivity contribution in [3.05, 3.63) is 28.8 Å². The van der Waals surface area contributed by atoms with Crippen LogP contribution in [0.2, 0.25) is 5.02 Å². The van der Waals surface area contributed by atoms with Crippen molar-refractivity contribution in [3.8, 4) is 5.75 Å². The molecule has 19 heavy (non-hydrogen) atoms. The normalized spacial score (nSPS) is 16.9. The number of halogens is 3. The van der Waals surface area contributed by atoms with E-state index in [1.165, 1.54) is 0 Å². The summed E-state index contributed by atoms with van der Waals surface area (Å²) in [7, 11) is 0. The smallest absolute Gasteiger partial charge is 0.244 e. The van der Waals surface area contributed by atoms with E-state index in [1.807, 2.05) is 17.0 Å². The van der Waals surface area contributed by atoms with E-state index in [9.17, 15) is 8.78 Å². The molecule has 1 aliphatic heterocycles. The molecular formula is C14H18ClF2NO. The lowest BCUT2D eigenvalue weighted by atomic mass is 9.93. The van der Waals surface area contributed by atoms with Crippen molar-refractivity contribution in [2.75, 3.05) is 19.7 Å². The molecule has 0 amide bonds. The summed E-state index contributed by atoms with van der Waals surface area (Å²) in [5.74, 6) is 0.793. The van der Waals surface area contributed by atoms with Gasteiger partial charge in [-0.15, -0.1) is 0 Å². The number of alkyl halides is 2. The first-order valence-electron chi connectivity index (χ1n) is 6.30. The highest BCUT2D eigenvalue weighted by molar-refractivity contribution is 6.30. The standard InChI is InChI=1S/C14H18ClF2NO/c1-14(2,13(16)17)9-18-5-6-19-12-4-3-11(15)7-10(12)8-18/h3-4,7,13H,5-6,8-9H2,1-2H3. The molecule has 1 aliphatic rings. The van der Waals surface area contributed by atoms with Crippen LogP contribution in [0.1, 0.15) is 19.4 Å². The summed E-state index contributed by atoms with van der Waals surface area (Å²) in [6, 6.07) is 5.45. The minimum Gasteiger partial charge on any atom is -0.492 e. The number of nitrogens with zero attached hydrogens (tertiary/aromatic N) is 1. The first-order valence-corrected chi connectivity index (χ1v) is 6.68. The van der Waals surface area contributed by atoms with Gasteiger partial charge in [0.15, 0.2) is 0 Å². The third-order valence-corrected chi connectivity index (χ3v) is 3.54. The second-order valence-corrected chi connectivity index (χ2v) is 6.04. The van der Waals surface area contributed by atoms with Crippen LogP contribution in [0, 0.1) is 5.41 Å². The Kier molecular flexibility index (Phi) is 4.31. The topological polar surface area (TPSA) is 12.5 Å². The molecule has 0 fully saturated rings. The summed E-state index contributed by atoms with van der Waals surface area (Å²) < 4.78 is 31.5. The second-order valence-electron chi connectivity index (χ2n) is 5.60. The van der Waals surface area contributed by atoms with E-state index >= 15 is 0 Å². The van der Waals surface area contributed by atoms with Crippen LogP contribution in [0.25, 0.3) is 0 Å². The van der Waals surface area contributed by atoms with Gasteiger partial charge in [0.25, 0.3) is 0 Å². The molecular weight excluding hydrogens is 272 g/mol. The van der Waals surface area contributed by atoms with Crippen LogP contribution in [0.4, 0.5) is 8.78 Å². The lowest BCUT2D eigenvalue weighted by Crippen LogP contribution is -2.39. The average Bonchev–Trinajstić information content (AvgIpc) is 2.49. The molecule has 0 aromatic heterocycles. The molecule has 2 rings (SSSR count). The Morgan fingerprint density at radius 1 is 1.42 bits per heavy atom. The van der Waals surface area contributed by atoms with Gasteiger partial charge in [-0.25, -0.2) is 8.78 Å². The maximum absolute atomic E-state index is 13.0. The molecule has 0 radical (unpaired) electrons. The number of hydrogen-bond acceptors (Lipinski definition) is 2. The van der Waals surface area contributed by atoms with E-state index in [2.05, 4.69) is 0 Å². The Morgan fingerprint density at radius 2 is 2.16 bits per heavy atom. The van der Waals surface area contributed by atoms with Crippen molar-refractivity contribution in [1.29, 1.82) is 0 Å². The number of benzene rings is 1. The molecule has 1 aromatic carbocycles. The fourth-order valence-electron chi connectivity index (χ4n) is 2.20. The lowest BCUT2D eigenvalue weighted by molar-refractivity contribution is -0.00694. The fraction of sp³-hybridized carbons (Fsp3) is 0.571. The Hall–Kier alpha value is -0.870. The zero-order chi connectivity index (χ0) is 14.0. The third-order valence-electron chi connectivity index (χ3n) is 3.30. The number of fused-ring (bicyclic) bond motifs is 1. The van der Waals surface area contributed by atoms with E-state index < -0.39 is 11.8 Å². The van der Waals surface area contributed by atoms with E-state index in [-0.39, 0.29) is 0 Å². The lowest BCUT2D eigenvalue weighted by Gasteiger charge is -2.30. The van der Waals surface area contributed by atoms with E-state index in [0.717, 1.165) is 11.3 Å². The van der Waals surface area contributed by atoms with Crippen molar-refractivity contribution in [2.45, 2.75) is 26.8 Å². The molecule has 0 saturated heterocycles. The fourth-order valence-corrected chi connectivity index (χ4v) is 2.39. The van der Waals surface area contributed by atoms with Crippen LogP contribution in [-0.4, -0.2) is 31.0 Å². The molecule has 0 bridgehead atoms. The van der Waals surface area contributed by atoms with Gasteiger partial charge >= 0.3 is 0 Å². The van der Waals surface area contributed by atoms with Gasteiger partial charge in [0, 0.05) is 35.6 Å². The number of rotatable bonds is 3. The SMILES string of the molecule is CC(C)(CN1CCOc2ccc(Cl)cc2C1)C(F)F. The molecule has 0 N–H and O–H groups in total. The van der Waals surface area contributed by atoms with Gasteiger partial charge < -0.3 is 4.74 Å². The van der Waals surface area contributed by atoms with Gasteiger partial charge in [0.05, 0.1) is 0 Å². The van der Waals surface area contributed by atoms with Crippen LogP contribution in [0.15, 0.2) is 18.2 Å². The predicted octanol–water partition coefficient (Wildman–Crippen LogP) is 3.83. The monoisotopic (exact) mass is 289 g/mol. The Labute approximate surface area is 117 Å². The van der Waals surface area contributed by atoms with E-state index in [0.29, 0.717) is 31.3 Å². The zero-order valence-corrected chi connectivity index (χ0v) is 11.9. The van der Waals surface area contributed by atoms with Crippen LogP contribution >= 0.6 is 11.6 Å². The highest BCUT2D eigenvalue weighted by atomic mass is 35.5. The highest BCUT2D eigenvalue weighted by Gasteiger charge is 2.32. The Morgan fingerprint density at radius 3 is 2.84 bits per heavy atom. The van der Waals surface area contributed by atoms with Crippen LogP contribution < -0.4 is 4.74 Å². The summed E-state index contributed by atoms with van der Waals surface area (Å²) in [4.78, 5) is 1.99. The van der Waals surface area contributed by atoms with E-state index in [1.54, 1.807) is 19.9 Å². The Bertz CT molecular complexity index is 451. The summed E-state index contributed by atoms with van der Waals surface area (Å²) in [5.41, 5.74) is -0.0710. The molecule has 0 aliphatic carbocycles. The van der Waals surface area contributed by atoms with Gasteiger partial charge in [0.1, 0.15) is 12.4 Å². The van der Waals surface area contributed by atoms with Gasteiger partial charge in [-0.05, 0) is 18.2 Å². The van der Waals surface area contributed by atoms with Crippen molar-refractivity contribution < 1.29 is 13.5 Å². The summed E-state index contributed by atoms with van der Waals surface area (Å²) in [6.07, 6.45) is -2.34. The van der Waals surface area contributed by atoms with Gasteiger partial charge in [-0.2, -0.15) is 0 Å². The maximum atomic E-state index is 13.0. The first-order chi connectivity index (χ1) is 8.88. The number of ether oxygens (including phenoxy) is 1. The molecule has 0 spiro atoms. The van der Waals surface area contributed by atoms with Crippen LogP contribution in [0.3, 0.4) is 0 Å².